The summed E-state index contributed by atoms with van der Waals surface area (Å²) < 4.78 is 27.5. The van der Waals surface area contributed by atoms with Gasteiger partial charge in [0, 0.05) is 11.8 Å². The number of hydrogen-bond acceptors (Lipinski definition) is 4. The topological polar surface area (TPSA) is 86.5 Å². The van der Waals surface area contributed by atoms with Gasteiger partial charge in [0.2, 0.25) is 5.91 Å². The van der Waals surface area contributed by atoms with Gasteiger partial charge in [-0.3, -0.25) is 4.79 Å². The highest BCUT2D eigenvalue weighted by molar-refractivity contribution is 7.90. The van der Waals surface area contributed by atoms with Gasteiger partial charge in [-0.15, -0.1) is 0 Å². The van der Waals surface area contributed by atoms with E-state index in [1.54, 1.807) is 0 Å². The number of sulfone groups is 1. The molecule has 0 aliphatic carbocycles. The summed E-state index contributed by atoms with van der Waals surface area (Å²) in [5.41, 5.74) is 5.26. The van der Waals surface area contributed by atoms with Gasteiger partial charge in [0.15, 0.2) is 9.84 Å². The van der Waals surface area contributed by atoms with Crippen LogP contribution in [0, 0.1) is 0 Å². The van der Waals surface area contributed by atoms with E-state index >= 15 is 0 Å². The standard InChI is InChI=1S/C9H11NO4S/c1-14-7-5-6(9(10)11)3-4-8(7)15(2,12)13/h3-5H,1-2H3,(H2,10,11). The van der Waals surface area contributed by atoms with Crippen molar-refractivity contribution in [2.45, 2.75) is 4.90 Å². The molecule has 0 heterocycles. The largest absolute Gasteiger partial charge is 0.495 e. The highest BCUT2D eigenvalue weighted by Gasteiger charge is 2.15. The first-order chi connectivity index (χ1) is 6.86. The van der Waals surface area contributed by atoms with Crippen LogP contribution >= 0.6 is 0 Å². The second-order valence-corrected chi connectivity index (χ2v) is 4.99. The van der Waals surface area contributed by atoms with Gasteiger partial charge in [-0.2, -0.15) is 0 Å². The molecule has 0 saturated carbocycles. The lowest BCUT2D eigenvalue weighted by atomic mass is 10.2. The van der Waals surface area contributed by atoms with Crippen LogP contribution in [-0.4, -0.2) is 27.7 Å². The Kier molecular flexibility index (Phi) is 2.99. The van der Waals surface area contributed by atoms with Crippen molar-refractivity contribution in [1.29, 1.82) is 0 Å². The molecule has 0 unspecified atom stereocenters. The molecule has 0 bridgehead atoms. The molecule has 1 amide bonds. The molecular formula is C9H11NO4S. The third-order valence-corrected chi connectivity index (χ3v) is 2.98. The minimum atomic E-state index is -3.37. The number of amides is 1. The fourth-order valence-corrected chi connectivity index (χ4v) is 1.95. The van der Waals surface area contributed by atoms with E-state index in [4.69, 9.17) is 10.5 Å². The Labute approximate surface area is 87.8 Å². The average molecular weight is 229 g/mol. The predicted molar refractivity (Wildman–Crippen MR) is 54.6 cm³/mol. The zero-order valence-electron chi connectivity index (χ0n) is 8.35. The van der Waals surface area contributed by atoms with Gasteiger partial charge in [-0.1, -0.05) is 0 Å². The lowest BCUT2D eigenvalue weighted by Gasteiger charge is -2.07. The van der Waals surface area contributed by atoms with Crippen LogP contribution in [0.15, 0.2) is 23.1 Å². The summed E-state index contributed by atoms with van der Waals surface area (Å²) >= 11 is 0. The lowest BCUT2D eigenvalue weighted by molar-refractivity contribution is 0.1000. The van der Waals surface area contributed by atoms with Gasteiger partial charge in [-0.05, 0) is 18.2 Å². The number of hydrogen-bond donors (Lipinski definition) is 1. The smallest absolute Gasteiger partial charge is 0.248 e. The minimum Gasteiger partial charge on any atom is -0.495 e. The highest BCUT2D eigenvalue weighted by Crippen LogP contribution is 2.24. The Morgan fingerprint density at radius 3 is 2.40 bits per heavy atom. The summed E-state index contributed by atoms with van der Waals surface area (Å²) in [6.07, 6.45) is 1.06. The maximum absolute atomic E-state index is 11.3. The van der Waals surface area contributed by atoms with E-state index < -0.39 is 15.7 Å². The molecule has 0 aromatic heterocycles. The Hall–Kier alpha value is -1.56. The number of nitrogens with two attached hydrogens (primary N) is 1. The summed E-state index contributed by atoms with van der Waals surface area (Å²) in [7, 11) is -2.04. The van der Waals surface area contributed by atoms with Crippen LogP contribution < -0.4 is 10.5 Å². The van der Waals surface area contributed by atoms with Gasteiger partial charge < -0.3 is 10.5 Å². The molecular weight excluding hydrogens is 218 g/mol. The third-order valence-electron chi connectivity index (χ3n) is 1.85. The second kappa shape index (κ2) is 3.90. The number of rotatable bonds is 3. The third kappa shape index (κ3) is 2.47. The van der Waals surface area contributed by atoms with Crippen LogP contribution in [0.1, 0.15) is 10.4 Å². The molecule has 5 nitrogen and oxygen atoms in total. The number of carbonyl (C=O) groups is 1. The number of methoxy groups -OCH3 is 1. The number of ether oxygens (including phenoxy) is 1. The maximum atomic E-state index is 11.3. The molecule has 1 aromatic rings. The summed E-state index contributed by atoms with van der Waals surface area (Å²) in [6.45, 7) is 0. The zero-order chi connectivity index (χ0) is 11.6. The lowest BCUT2D eigenvalue weighted by Crippen LogP contribution is -2.11. The molecule has 0 spiro atoms. The summed E-state index contributed by atoms with van der Waals surface area (Å²) in [5, 5.41) is 0. The van der Waals surface area contributed by atoms with Crippen molar-refractivity contribution < 1.29 is 17.9 Å². The first-order valence-electron chi connectivity index (χ1n) is 4.04. The normalized spacial score (nSPS) is 11.1. The fourth-order valence-electron chi connectivity index (χ4n) is 1.13. The van der Waals surface area contributed by atoms with E-state index in [0.717, 1.165) is 6.26 Å². The van der Waals surface area contributed by atoms with Crippen molar-refractivity contribution in [2.24, 2.45) is 5.73 Å². The van der Waals surface area contributed by atoms with Gasteiger partial charge in [-0.25, -0.2) is 8.42 Å². The average Bonchev–Trinajstić information content (AvgIpc) is 2.15. The first-order valence-corrected chi connectivity index (χ1v) is 5.93. The molecule has 2 N–H and O–H groups in total. The first kappa shape index (κ1) is 11.5. The molecule has 0 radical (unpaired) electrons. The Morgan fingerprint density at radius 1 is 1.40 bits per heavy atom. The number of benzene rings is 1. The Bertz CT molecular complexity index is 493. The van der Waals surface area contributed by atoms with E-state index in [1.807, 2.05) is 0 Å². The van der Waals surface area contributed by atoms with E-state index in [-0.39, 0.29) is 16.2 Å². The van der Waals surface area contributed by atoms with Crippen LogP contribution in [0.3, 0.4) is 0 Å². The summed E-state index contributed by atoms with van der Waals surface area (Å²) in [5.74, 6) is -0.512. The number of primary amides is 1. The zero-order valence-corrected chi connectivity index (χ0v) is 9.17. The van der Waals surface area contributed by atoms with E-state index in [1.165, 1.54) is 25.3 Å². The van der Waals surface area contributed by atoms with Crippen LogP contribution in [-0.2, 0) is 9.84 Å². The van der Waals surface area contributed by atoms with Crippen LogP contribution in [0.2, 0.25) is 0 Å². The number of carbonyl (C=O) groups excluding carboxylic acids is 1. The Balaban J connectivity index is 3.40. The molecule has 82 valence electrons. The Morgan fingerprint density at radius 2 is 2.00 bits per heavy atom. The van der Waals surface area contributed by atoms with Gasteiger partial charge >= 0.3 is 0 Å². The van der Waals surface area contributed by atoms with Crippen LogP contribution in [0.4, 0.5) is 0 Å². The van der Waals surface area contributed by atoms with Crippen molar-refractivity contribution in [3.63, 3.8) is 0 Å². The van der Waals surface area contributed by atoms with Gasteiger partial charge in [0.1, 0.15) is 10.6 Å². The molecule has 1 rings (SSSR count). The van der Waals surface area contributed by atoms with Crippen molar-refractivity contribution in [2.75, 3.05) is 13.4 Å². The van der Waals surface area contributed by atoms with Crippen LogP contribution in [0.5, 0.6) is 5.75 Å². The molecule has 0 aliphatic rings. The van der Waals surface area contributed by atoms with E-state index in [0.29, 0.717) is 0 Å². The van der Waals surface area contributed by atoms with Crippen molar-refractivity contribution in [3.8, 4) is 5.75 Å². The summed E-state index contributed by atoms with van der Waals surface area (Å²) in [4.78, 5) is 10.9. The van der Waals surface area contributed by atoms with E-state index in [9.17, 15) is 13.2 Å². The minimum absolute atomic E-state index is 0.0370. The molecule has 0 atom stereocenters. The SMILES string of the molecule is COc1cc(C(N)=O)ccc1S(C)(=O)=O. The molecule has 15 heavy (non-hydrogen) atoms. The van der Waals surface area contributed by atoms with Gasteiger partial charge in [0.25, 0.3) is 0 Å². The van der Waals surface area contributed by atoms with Gasteiger partial charge in [0.05, 0.1) is 7.11 Å². The van der Waals surface area contributed by atoms with E-state index in [2.05, 4.69) is 0 Å². The highest BCUT2D eigenvalue weighted by atomic mass is 32.2. The molecule has 0 aliphatic heterocycles. The van der Waals surface area contributed by atoms with Crippen molar-refractivity contribution >= 4 is 15.7 Å². The molecule has 0 fully saturated rings. The quantitative estimate of drug-likeness (QED) is 0.802. The summed E-state index contributed by atoms with van der Waals surface area (Å²) in [6, 6.07) is 3.95. The monoisotopic (exact) mass is 229 g/mol. The van der Waals surface area contributed by atoms with Crippen molar-refractivity contribution in [3.05, 3.63) is 23.8 Å². The van der Waals surface area contributed by atoms with Crippen molar-refractivity contribution in [1.82, 2.24) is 0 Å². The maximum Gasteiger partial charge on any atom is 0.248 e. The van der Waals surface area contributed by atoms with Crippen LogP contribution in [0.25, 0.3) is 0 Å². The predicted octanol–water partition coefficient (Wildman–Crippen LogP) is 0.198. The second-order valence-electron chi connectivity index (χ2n) is 3.00. The molecule has 1 aromatic carbocycles. The molecule has 6 heteroatoms. The fraction of sp³-hybridized carbons (Fsp3) is 0.222. The molecule has 0 saturated heterocycles.